The van der Waals surface area contributed by atoms with E-state index in [1.54, 1.807) is 19.1 Å². The highest BCUT2D eigenvalue weighted by molar-refractivity contribution is 8.01. The van der Waals surface area contributed by atoms with Crippen LogP contribution in [0.25, 0.3) is 10.2 Å². The van der Waals surface area contributed by atoms with Gasteiger partial charge in [0.25, 0.3) is 0 Å². The highest BCUT2D eigenvalue weighted by atomic mass is 32.2. The zero-order valence-electron chi connectivity index (χ0n) is 16.1. The number of rotatable bonds is 12. The van der Waals surface area contributed by atoms with Crippen molar-refractivity contribution in [2.24, 2.45) is 0 Å². The molecule has 0 aliphatic heterocycles. The third-order valence-corrected chi connectivity index (χ3v) is 6.24. The van der Waals surface area contributed by atoms with Gasteiger partial charge < -0.3 is 10.1 Å². The Morgan fingerprint density at radius 1 is 1.15 bits per heavy atom. The summed E-state index contributed by atoms with van der Waals surface area (Å²) in [7, 11) is 0. The molecule has 27 heavy (non-hydrogen) atoms. The fourth-order valence-corrected chi connectivity index (χ4v) is 4.50. The Morgan fingerprint density at radius 2 is 1.93 bits per heavy atom. The average Bonchev–Trinajstić information content (AvgIpc) is 3.08. The molecular formula is C20H28N2O3S2. The molecule has 0 spiro atoms. The van der Waals surface area contributed by atoms with E-state index >= 15 is 0 Å². The van der Waals surface area contributed by atoms with Gasteiger partial charge in [-0.05, 0) is 31.5 Å². The van der Waals surface area contributed by atoms with Crippen LogP contribution >= 0.6 is 23.1 Å². The molecule has 0 fully saturated rings. The van der Waals surface area contributed by atoms with E-state index < -0.39 is 0 Å². The van der Waals surface area contributed by atoms with E-state index in [0.717, 1.165) is 27.5 Å². The number of nitrogens with one attached hydrogen (secondary N) is 1. The minimum Gasteiger partial charge on any atom is -0.462 e. The fraction of sp³-hybridized carbons (Fsp3) is 0.550. The van der Waals surface area contributed by atoms with Crippen LogP contribution in [0.2, 0.25) is 0 Å². The van der Waals surface area contributed by atoms with Gasteiger partial charge in [-0.25, -0.2) is 9.78 Å². The zero-order chi connectivity index (χ0) is 19.5. The Bertz CT molecular complexity index is 746. The van der Waals surface area contributed by atoms with Crippen LogP contribution in [0.5, 0.6) is 0 Å². The SMILES string of the molecule is CCCCCCCCNC(=O)CSc1nc2cc(C(=O)OCC)ccc2s1. The second kappa shape index (κ2) is 12.0. The van der Waals surface area contributed by atoms with Gasteiger partial charge in [0.1, 0.15) is 0 Å². The molecule has 0 radical (unpaired) electrons. The van der Waals surface area contributed by atoms with Crippen LogP contribution in [0.1, 0.15) is 62.7 Å². The number of thiazole rings is 1. The number of esters is 1. The number of fused-ring (bicyclic) bond motifs is 1. The number of thioether (sulfide) groups is 1. The van der Waals surface area contributed by atoms with Gasteiger partial charge in [-0.3, -0.25) is 4.79 Å². The number of hydrogen-bond donors (Lipinski definition) is 1. The van der Waals surface area contributed by atoms with Crippen molar-refractivity contribution >= 4 is 45.2 Å². The van der Waals surface area contributed by atoms with Crippen molar-refractivity contribution in [1.29, 1.82) is 0 Å². The Balaban J connectivity index is 1.74. The lowest BCUT2D eigenvalue weighted by molar-refractivity contribution is -0.118. The normalized spacial score (nSPS) is 10.9. The standard InChI is InChI=1S/C20H28N2O3S2/c1-3-5-6-7-8-9-12-21-18(23)14-26-20-22-16-13-15(19(24)25-4-2)10-11-17(16)27-20/h10-11,13H,3-9,12,14H2,1-2H3,(H,21,23). The third-order valence-electron chi connectivity index (χ3n) is 4.06. The first-order valence-electron chi connectivity index (χ1n) is 9.61. The summed E-state index contributed by atoms with van der Waals surface area (Å²) < 4.78 is 6.85. The van der Waals surface area contributed by atoms with Crippen LogP contribution in [0.4, 0.5) is 0 Å². The number of aromatic nitrogens is 1. The lowest BCUT2D eigenvalue weighted by Crippen LogP contribution is -2.26. The maximum absolute atomic E-state index is 12.0. The Hall–Kier alpha value is -1.60. The third kappa shape index (κ3) is 7.50. The molecule has 0 atom stereocenters. The van der Waals surface area contributed by atoms with Crippen molar-refractivity contribution < 1.29 is 14.3 Å². The Morgan fingerprint density at radius 3 is 2.70 bits per heavy atom. The smallest absolute Gasteiger partial charge is 0.338 e. The fourth-order valence-electron chi connectivity index (χ4n) is 2.62. The van der Waals surface area contributed by atoms with Crippen LogP contribution < -0.4 is 5.32 Å². The molecule has 1 heterocycles. The van der Waals surface area contributed by atoms with E-state index in [2.05, 4.69) is 17.2 Å². The monoisotopic (exact) mass is 408 g/mol. The molecule has 0 aliphatic carbocycles. The lowest BCUT2D eigenvalue weighted by atomic mass is 10.1. The van der Waals surface area contributed by atoms with E-state index in [1.165, 1.54) is 55.2 Å². The molecule has 0 saturated heterocycles. The maximum atomic E-state index is 12.0. The van der Waals surface area contributed by atoms with Crippen LogP contribution in [0.15, 0.2) is 22.5 Å². The number of amides is 1. The second-order valence-corrected chi connectivity index (χ2v) is 8.54. The summed E-state index contributed by atoms with van der Waals surface area (Å²) >= 11 is 2.97. The second-order valence-electron chi connectivity index (χ2n) is 6.29. The van der Waals surface area contributed by atoms with Crippen molar-refractivity contribution in [3.05, 3.63) is 23.8 Å². The molecule has 148 valence electrons. The predicted molar refractivity (Wildman–Crippen MR) is 113 cm³/mol. The van der Waals surface area contributed by atoms with Crippen LogP contribution in [0, 0.1) is 0 Å². The number of carbonyl (C=O) groups is 2. The molecule has 1 N–H and O–H groups in total. The van der Waals surface area contributed by atoms with Crippen molar-refractivity contribution in [1.82, 2.24) is 10.3 Å². The van der Waals surface area contributed by atoms with Crippen molar-refractivity contribution in [3.63, 3.8) is 0 Å². The van der Waals surface area contributed by atoms with Crippen LogP contribution in [-0.2, 0) is 9.53 Å². The van der Waals surface area contributed by atoms with Crippen LogP contribution in [0.3, 0.4) is 0 Å². The molecule has 1 aromatic heterocycles. The molecule has 7 heteroatoms. The van der Waals surface area contributed by atoms with E-state index in [4.69, 9.17) is 4.74 Å². The molecule has 0 unspecified atom stereocenters. The number of benzene rings is 1. The average molecular weight is 409 g/mol. The topological polar surface area (TPSA) is 68.3 Å². The number of nitrogens with zero attached hydrogens (tertiary/aromatic N) is 1. The molecular weight excluding hydrogens is 380 g/mol. The van der Waals surface area contributed by atoms with Crippen LogP contribution in [-0.4, -0.2) is 35.8 Å². The van der Waals surface area contributed by atoms with Gasteiger partial charge in [0.2, 0.25) is 5.91 Å². The molecule has 0 saturated carbocycles. The minimum absolute atomic E-state index is 0.0417. The molecule has 2 rings (SSSR count). The summed E-state index contributed by atoms with van der Waals surface area (Å²) in [6, 6.07) is 5.37. The number of carbonyl (C=O) groups excluding carboxylic acids is 2. The van der Waals surface area contributed by atoms with E-state index in [-0.39, 0.29) is 11.9 Å². The lowest BCUT2D eigenvalue weighted by Gasteiger charge is -2.04. The number of hydrogen-bond acceptors (Lipinski definition) is 6. The van der Waals surface area contributed by atoms with Gasteiger partial charge >= 0.3 is 5.97 Å². The van der Waals surface area contributed by atoms with Gasteiger partial charge in [-0.2, -0.15) is 0 Å². The van der Waals surface area contributed by atoms with Gasteiger partial charge in [0.05, 0.1) is 28.1 Å². The molecule has 5 nitrogen and oxygen atoms in total. The van der Waals surface area contributed by atoms with E-state index in [1.807, 2.05) is 6.07 Å². The van der Waals surface area contributed by atoms with Gasteiger partial charge in [-0.15, -0.1) is 11.3 Å². The first kappa shape index (κ1) is 21.7. The maximum Gasteiger partial charge on any atom is 0.338 e. The summed E-state index contributed by atoms with van der Waals surface area (Å²) in [5, 5.41) is 2.97. The summed E-state index contributed by atoms with van der Waals surface area (Å²) in [5.74, 6) is 0.0659. The number of ether oxygens (including phenoxy) is 1. The van der Waals surface area contributed by atoms with Gasteiger partial charge in [0.15, 0.2) is 4.34 Å². The highest BCUT2D eigenvalue weighted by Gasteiger charge is 2.11. The van der Waals surface area contributed by atoms with Gasteiger partial charge in [0, 0.05) is 6.54 Å². The van der Waals surface area contributed by atoms with E-state index in [0.29, 0.717) is 17.9 Å². The molecule has 1 amide bonds. The summed E-state index contributed by atoms with van der Waals surface area (Å²) in [6.45, 7) is 5.09. The largest absolute Gasteiger partial charge is 0.462 e. The quantitative estimate of drug-likeness (QED) is 0.303. The summed E-state index contributed by atoms with van der Waals surface area (Å²) in [6.07, 6.45) is 7.30. The zero-order valence-corrected chi connectivity index (χ0v) is 17.7. The molecule has 0 aliphatic rings. The first-order valence-corrected chi connectivity index (χ1v) is 11.4. The van der Waals surface area contributed by atoms with E-state index in [9.17, 15) is 9.59 Å². The minimum atomic E-state index is -0.337. The van der Waals surface area contributed by atoms with Crippen molar-refractivity contribution in [2.45, 2.75) is 56.7 Å². The summed E-state index contributed by atoms with van der Waals surface area (Å²) in [5.41, 5.74) is 1.27. The van der Waals surface area contributed by atoms with Crippen molar-refractivity contribution in [2.75, 3.05) is 18.9 Å². The first-order chi connectivity index (χ1) is 13.1. The molecule has 2 aromatic rings. The summed E-state index contributed by atoms with van der Waals surface area (Å²) in [4.78, 5) is 28.3. The van der Waals surface area contributed by atoms with Gasteiger partial charge in [-0.1, -0.05) is 50.8 Å². The number of unbranched alkanes of at least 4 members (excludes halogenated alkanes) is 5. The molecule has 1 aromatic carbocycles. The highest BCUT2D eigenvalue weighted by Crippen LogP contribution is 2.30. The molecule has 0 bridgehead atoms. The Labute approximate surface area is 169 Å². The van der Waals surface area contributed by atoms with Crippen molar-refractivity contribution in [3.8, 4) is 0 Å². The predicted octanol–water partition coefficient (Wildman–Crippen LogP) is 5.04. The Kier molecular flexibility index (Phi) is 9.62.